The quantitative estimate of drug-likeness (QED) is 0.493. The number of methoxy groups -OCH3 is 1. The van der Waals surface area contributed by atoms with Gasteiger partial charge in [-0.2, -0.15) is 0 Å². The first-order valence-electron chi connectivity index (χ1n) is 10.9. The molecule has 1 aromatic heterocycles. The molecule has 1 aliphatic rings. The van der Waals surface area contributed by atoms with Crippen LogP contribution in [0.1, 0.15) is 36.3 Å². The fraction of sp³-hybridized carbons (Fsp3) is 0.320. The molecule has 6 nitrogen and oxygen atoms in total. The highest BCUT2D eigenvalue weighted by molar-refractivity contribution is 7.09. The summed E-state index contributed by atoms with van der Waals surface area (Å²) in [4.78, 5) is 29.1. The van der Waals surface area contributed by atoms with E-state index >= 15 is 0 Å². The first-order chi connectivity index (χ1) is 16.0. The predicted molar refractivity (Wildman–Crippen MR) is 125 cm³/mol. The molecule has 2 heterocycles. The molecule has 0 aliphatic carbocycles. The maximum atomic E-state index is 14.4. The van der Waals surface area contributed by atoms with Crippen molar-refractivity contribution in [3.63, 3.8) is 0 Å². The van der Waals surface area contributed by atoms with Gasteiger partial charge in [0.2, 0.25) is 11.8 Å². The van der Waals surface area contributed by atoms with Crippen molar-refractivity contribution in [1.82, 2.24) is 15.6 Å². The Morgan fingerprint density at radius 1 is 1.27 bits per heavy atom. The number of nitrogens with one attached hydrogen (secondary N) is 2. The van der Waals surface area contributed by atoms with Crippen LogP contribution in [-0.2, 0) is 22.6 Å². The molecule has 33 heavy (non-hydrogen) atoms. The van der Waals surface area contributed by atoms with Crippen LogP contribution in [0.5, 0.6) is 5.75 Å². The van der Waals surface area contributed by atoms with Crippen molar-refractivity contribution in [2.45, 2.75) is 44.2 Å². The van der Waals surface area contributed by atoms with E-state index in [4.69, 9.17) is 4.74 Å². The minimum atomic E-state index is -0.650. The van der Waals surface area contributed by atoms with E-state index in [0.29, 0.717) is 43.5 Å². The lowest BCUT2D eigenvalue weighted by atomic mass is 9.84. The SMILES string of the molecule is COc1ccc(F)c(C[C@]2(CCC(=O)NCc3nc(-c4ccccc4)cs3)CCC(=O)N2)c1. The van der Waals surface area contributed by atoms with Gasteiger partial charge in [0.25, 0.3) is 0 Å². The lowest BCUT2D eigenvalue weighted by Gasteiger charge is -2.29. The second-order valence-corrected chi connectivity index (χ2v) is 9.17. The molecule has 1 saturated heterocycles. The summed E-state index contributed by atoms with van der Waals surface area (Å²) >= 11 is 1.50. The molecule has 4 rings (SSSR count). The molecule has 172 valence electrons. The third-order valence-electron chi connectivity index (χ3n) is 5.91. The second kappa shape index (κ2) is 10.1. The number of rotatable bonds is 9. The van der Waals surface area contributed by atoms with Crippen LogP contribution in [-0.4, -0.2) is 29.4 Å². The van der Waals surface area contributed by atoms with E-state index in [1.165, 1.54) is 24.5 Å². The van der Waals surface area contributed by atoms with Crippen molar-refractivity contribution < 1.29 is 18.7 Å². The number of carbonyl (C=O) groups is 2. The summed E-state index contributed by atoms with van der Waals surface area (Å²) in [5.41, 5.74) is 1.74. The van der Waals surface area contributed by atoms with Gasteiger partial charge < -0.3 is 15.4 Å². The molecular weight excluding hydrogens is 441 g/mol. The highest BCUT2D eigenvalue weighted by atomic mass is 32.1. The fourth-order valence-electron chi connectivity index (χ4n) is 4.11. The highest BCUT2D eigenvalue weighted by Crippen LogP contribution is 2.31. The summed E-state index contributed by atoms with van der Waals surface area (Å²) in [6.45, 7) is 0.347. The number of nitrogens with zero attached hydrogens (tertiary/aromatic N) is 1. The zero-order valence-corrected chi connectivity index (χ0v) is 19.2. The standard InChI is InChI=1S/C25H26FN3O3S/c1-32-19-7-8-20(26)18(13-19)14-25(12-10-23(31)29-25)11-9-22(30)27-15-24-28-21(16-33-24)17-5-3-2-4-6-17/h2-8,13,16H,9-12,14-15H2,1H3,(H,27,30)(H,29,31)/t25-/m0/s1. The van der Waals surface area contributed by atoms with Crippen LogP contribution >= 0.6 is 11.3 Å². The molecule has 0 unspecified atom stereocenters. The molecule has 1 aliphatic heterocycles. The van der Waals surface area contributed by atoms with Gasteiger partial charge in [0.15, 0.2) is 0 Å². The lowest BCUT2D eigenvalue weighted by molar-refractivity contribution is -0.122. The zero-order valence-electron chi connectivity index (χ0n) is 18.4. The fourth-order valence-corrected chi connectivity index (χ4v) is 4.85. The Hall–Kier alpha value is -3.26. The van der Waals surface area contributed by atoms with Crippen LogP contribution in [0.4, 0.5) is 4.39 Å². The van der Waals surface area contributed by atoms with E-state index in [1.807, 2.05) is 35.7 Å². The third-order valence-corrected chi connectivity index (χ3v) is 6.75. The number of hydrogen-bond acceptors (Lipinski definition) is 5. The summed E-state index contributed by atoms with van der Waals surface area (Å²) < 4.78 is 19.6. The first-order valence-corrected chi connectivity index (χ1v) is 11.7. The molecule has 2 aromatic carbocycles. The molecule has 0 saturated carbocycles. The minimum absolute atomic E-state index is 0.0741. The lowest BCUT2D eigenvalue weighted by Crippen LogP contribution is -2.44. The summed E-state index contributed by atoms with van der Waals surface area (Å²) in [6.07, 6.45) is 1.89. The summed E-state index contributed by atoms with van der Waals surface area (Å²) in [7, 11) is 1.53. The maximum absolute atomic E-state index is 14.4. The number of ether oxygens (including phenoxy) is 1. The Balaban J connectivity index is 1.35. The number of carbonyl (C=O) groups excluding carboxylic acids is 2. The molecule has 0 spiro atoms. The Morgan fingerprint density at radius 3 is 2.82 bits per heavy atom. The largest absolute Gasteiger partial charge is 0.497 e. The van der Waals surface area contributed by atoms with Crippen LogP contribution in [0.15, 0.2) is 53.9 Å². The van der Waals surface area contributed by atoms with E-state index in [9.17, 15) is 14.0 Å². The average molecular weight is 468 g/mol. The monoisotopic (exact) mass is 467 g/mol. The average Bonchev–Trinajstić information content (AvgIpc) is 3.45. The van der Waals surface area contributed by atoms with Crippen molar-refractivity contribution in [2.24, 2.45) is 0 Å². The van der Waals surface area contributed by atoms with Crippen molar-refractivity contribution in [3.05, 3.63) is 70.3 Å². The van der Waals surface area contributed by atoms with Gasteiger partial charge in [0.05, 0.1) is 19.3 Å². The number of halogens is 1. The van der Waals surface area contributed by atoms with E-state index in [2.05, 4.69) is 15.6 Å². The molecule has 1 fully saturated rings. The van der Waals surface area contributed by atoms with Gasteiger partial charge in [0, 0.05) is 29.3 Å². The van der Waals surface area contributed by atoms with Gasteiger partial charge in [-0.1, -0.05) is 30.3 Å². The molecular formula is C25H26FN3O3S. The van der Waals surface area contributed by atoms with Gasteiger partial charge in [-0.15, -0.1) is 11.3 Å². The van der Waals surface area contributed by atoms with E-state index in [0.717, 1.165) is 16.3 Å². The van der Waals surface area contributed by atoms with Crippen LogP contribution in [0.2, 0.25) is 0 Å². The number of amides is 2. The van der Waals surface area contributed by atoms with Gasteiger partial charge in [-0.3, -0.25) is 9.59 Å². The zero-order chi connectivity index (χ0) is 23.3. The summed E-state index contributed by atoms with van der Waals surface area (Å²) in [6, 6.07) is 14.5. The van der Waals surface area contributed by atoms with Crippen molar-refractivity contribution in [1.29, 1.82) is 0 Å². The molecule has 1 atom stereocenters. The van der Waals surface area contributed by atoms with Gasteiger partial charge in [-0.05, 0) is 43.0 Å². The van der Waals surface area contributed by atoms with Crippen LogP contribution in [0.3, 0.4) is 0 Å². The van der Waals surface area contributed by atoms with Crippen molar-refractivity contribution in [2.75, 3.05) is 7.11 Å². The maximum Gasteiger partial charge on any atom is 0.220 e. The van der Waals surface area contributed by atoms with Gasteiger partial charge in [0.1, 0.15) is 16.6 Å². The predicted octanol–water partition coefficient (Wildman–Crippen LogP) is 4.25. The first kappa shape index (κ1) is 22.9. The second-order valence-electron chi connectivity index (χ2n) is 8.23. The van der Waals surface area contributed by atoms with E-state index < -0.39 is 5.54 Å². The van der Waals surface area contributed by atoms with Gasteiger partial charge in [-0.25, -0.2) is 9.37 Å². The smallest absolute Gasteiger partial charge is 0.220 e. The van der Waals surface area contributed by atoms with Crippen LogP contribution < -0.4 is 15.4 Å². The molecule has 2 amide bonds. The van der Waals surface area contributed by atoms with Crippen molar-refractivity contribution >= 4 is 23.2 Å². The Morgan fingerprint density at radius 2 is 2.09 bits per heavy atom. The number of thiazole rings is 1. The Bertz CT molecular complexity index is 1130. The van der Waals surface area contributed by atoms with Crippen molar-refractivity contribution in [3.8, 4) is 17.0 Å². The summed E-state index contributed by atoms with van der Waals surface area (Å²) in [5, 5.41) is 8.70. The third kappa shape index (κ3) is 5.76. The number of hydrogen-bond donors (Lipinski definition) is 2. The highest BCUT2D eigenvalue weighted by Gasteiger charge is 2.38. The molecule has 8 heteroatoms. The Kier molecular flexibility index (Phi) is 7.03. The molecule has 0 radical (unpaired) electrons. The summed E-state index contributed by atoms with van der Waals surface area (Å²) in [5.74, 6) is 0.00809. The van der Waals surface area contributed by atoms with E-state index in [-0.39, 0.29) is 24.1 Å². The van der Waals surface area contributed by atoms with Crippen LogP contribution in [0, 0.1) is 5.82 Å². The Labute approximate surface area is 196 Å². The topological polar surface area (TPSA) is 80.3 Å². The van der Waals surface area contributed by atoms with Crippen LogP contribution in [0.25, 0.3) is 11.3 Å². The molecule has 0 bridgehead atoms. The van der Waals surface area contributed by atoms with E-state index in [1.54, 1.807) is 12.1 Å². The number of benzene rings is 2. The molecule has 2 N–H and O–H groups in total. The minimum Gasteiger partial charge on any atom is -0.497 e. The van der Waals surface area contributed by atoms with Gasteiger partial charge >= 0.3 is 0 Å². The number of aromatic nitrogens is 1. The molecule has 3 aromatic rings. The normalized spacial score (nSPS) is 17.6.